The Balaban J connectivity index is 1.55. The van der Waals surface area contributed by atoms with E-state index in [0.717, 1.165) is 38.8 Å². The van der Waals surface area contributed by atoms with Gasteiger partial charge < -0.3 is 9.30 Å². The number of para-hydroxylation sites is 3. The molecule has 0 N–H and O–H groups in total. The van der Waals surface area contributed by atoms with Crippen LogP contribution in [0.25, 0.3) is 33.1 Å². The Morgan fingerprint density at radius 3 is 2.39 bits per heavy atom. The molecule has 0 saturated carbocycles. The smallest absolute Gasteiger partial charge is 0.160 e. The highest BCUT2D eigenvalue weighted by molar-refractivity contribution is 6.06. The predicted molar refractivity (Wildman–Crippen MR) is 114 cm³/mol. The summed E-state index contributed by atoms with van der Waals surface area (Å²) in [5, 5.41) is 1.13. The van der Waals surface area contributed by atoms with Gasteiger partial charge in [0.2, 0.25) is 0 Å². The van der Waals surface area contributed by atoms with E-state index in [-0.39, 0.29) is 0 Å². The third kappa shape index (κ3) is 2.78. The third-order valence-electron chi connectivity index (χ3n) is 5.32. The highest BCUT2D eigenvalue weighted by atomic mass is 16.5. The lowest BCUT2D eigenvalue weighted by Crippen LogP contribution is -2.09. The average Bonchev–Trinajstić information content (AvgIpc) is 3.02. The zero-order valence-electron chi connectivity index (χ0n) is 16.0. The second-order valence-corrected chi connectivity index (χ2v) is 7.15. The van der Waals surface area contributed by atoms with E-state index in [1.807, 2.05) is 30.3 Å². The van der Waals surface area contributed by atoms with E-state index in [1.54, 1.807) is 0 Å². The molecular formula is C24H21N3O. The maximum Gasteiger partial charge on any atom is 0.160 e. The van der Waals surface area contributed by atoms with Crippen molar-refractivity contribution in [3.05, 3.63) is 77.9 Å². The molecule has 138 valence electrons. The zero-order chi connectivity index (χ0) is 19.1. The molecule has 2 heterocycles. The Labute approximate surface area is 163 Å². The van der Waals surface area contributed by atoms with Gasteiger partial charge in [0.05, 0.1) is 23.1 Å². The summed E-state index contributed by atoms with van der Waals surface area (Å²) in [5.74, 6) is 0.903. The van der Waals surface area contributed by atoms with Gasteiger partial charge in [0, 0.05) is 5.39 Å². The normalized spacial score (nSPS) is 11.5. The molecule has 0 aliphatic heterocycles. The van der Waals surface area contributed by atoms with E-state index in [9.17, 15) is 0 Å². The first-order valence-electron chi connectivity index (χ1n) is 9.54. The molecule has 0 bridgehead atoms. The minimum atomic E-state index is 0.574. The molecule has 0 fully saturated rings. The maximum absolute atomic E-state index is 6.03. The topological polar surface area (TPSA) is 39.9 Å². The van der Waals surface area contributed by atoms with Crippen molar-refractivity contribution in [2.24, 2.45) is 0 Å². The summed E-state index contributed by atoms with van der Waals surface area (Å²) in [7, 11) is 0. The molecule has 4 nitrogen and oxygen atoms in total. The molecule has 5 aromatic rings. The fraction of sp³-hybridized carbons (Fsp3) is 0.167. The van der Waals surface area contributed by atoms with E-state index in [0.29, 0.717) is 13.2 Å². The lowest BCUT2D eigenvalue weighted by molar-refractivity contribution is 0.301. The number of aromatic nitrogens is 3. The molecular weight excluding hydrogens is 346 g/mol. The van der Waals surface area contributed by atoms with Crippen molar-refractivity contribution in [2.75, 3.05) is 6.61 Å². The Bertz CT molecular complexity index is 1320. The van der Waals surface area contributed by atoms with Crippen LogP contribution >= 0.6 is 0 Å². The number of hydrogen-bond acceptors (Lipinski definition) is 3. The van der Waals surface area contributed by atoms with Gasteiger partial charge in [-0.05, 0) is 55.3 Å². The second-order valence-electron chi connectivity index (χ2n) is 7.15. The van der Waals surface area contributed by atoms with Crippen LogP contribution in [-0.2, 0) is 6.54 Å². The minimum absolute atomic E-state index is 0.574. The largest absolute Gasteiger partial charge is 0.492 e. The summed E-state index contributed by atoms with van der Waals surface area (Å²) >= 11 is 0. The van der Waals surface area contributed by atoms with Crippen molar-refractivity contribution in [2.45, 2.75) is 20.4 Å². The summed E-state index contributed by atoms with van der Waals surface area (Å²) in [4.78, 5) is 9.80. The van der Waals surface area contributed by atoms with E-state index < -0.39 is 0 Å². The lowest BCUT2D eigenvalue weighted by atomic mass is 10.1. The van der Waals surface area contributed by atoms with Crippen LogP contribution in [0.5, 0.6) is 5.75 Å². The van der Waals surface area contributed by atoms with Crippen molar-refractivity contribution in [3.63, 3.8) is 0 Å². The van der Waals surface area contributed by atoms with E-state index in [1.165, 1.54) is 11.1 Å². The van der Waals surface area contributed by atoms with Gasteiger partial charge in [-0.25, -0.2) is 9.97 Å². The molecule has 0 amide bonds. The molecule has 2 aromatic heterocycles. The van der Waals surface area contributed by atoms with Crippen molar-refractivity contribution >= 4 is 33.1 Å². The lowest BCUT2D eigenvalue weighted by Gasteiger charge is -2.10. The Hall–Kier alpha value is -3.40. The minimum Gasteiger partial charge on any atom is -0.492 e. The molecule has 0 atom stereocenters. The molecule has 0 radical (unpaired) electrons. The van der Waals surface area contributed by atoms with E-state index in [4.69, 9.17) is 14.7 Å². The zero-order valence-corrected chi connectivity index (χ0v) is 16.0. The Morgan fingerprint density at radius 2 is 1.57 bits per heavy atom. The van der Waals surface area contributed by atoms with Gasteiger partial charge in [-0.2, -0.15) is 0 Å². The molecule has 0 aliphatic carbocycles. The highest BCUT2D eigenvalue weighted by Crippen LogP contribution is 2.28. The standard InChI is InChI=1S/C24H21N3O/c1-16-11-12-18(15-17(16)2)28-14-13-27-22-10-6-3-7-19(22)23-24(27)26-21-9-5-4-8-20(21)25-23/h3-12,15H,13-14H2,1-2H3. The first-order chi connectivity index (χ1) is 13.7. The van der Waals surface area contributed by atoms with Crippen LogP contribution in [0.3, 0.4) is 0 Å². The van der Waals surface area contributed by atoms with Gasteiger partial charge in [0.15, 0.2) is 5.65 Å². The maximum atomic E-state index is 6.03. The Morgan fingerprint density at radius 1 is 0.821 bits per heavy atom. The number of rotatable bonds is 4. The number of benzene rings is 3. The Kier molecular flexibility index (Phi) is 3.97. The summed E-state index contributed by atoms with van der Waals surface area (Å²) in [6.07, 6.45) is 0. The van der Waals surface area contributed by atoms with Gasteiger partial charge in [-0.15, -0.1) is 0 Å². The fourth-order valence-corrected chi connectivity index (χ4v) is 3.67. The first kappa shape index (κ1) is 16.8. The molecule has 4 heteroatoms. The number of aryl methyl sites for hydroxylation is 2. The highest BCUT2D eigenvalue weighted by Gasteiger charge is 2.14. The molecule has 0 saturated heterocycles. The first-order valence-corrected chi connectivity index (χ1v) is 9.54. The molecule has 5 rings (SSSR count). The quantitative estimate of drug-likeness (QED) is 0.425. The molecule has 0 unspecified atom stereocenters. The van der Waals surface area contributed by atoms with Crippen LogP contribution < -0.4 is 4.74 Å². The number of hydrogen-bond donors (Lipinski definition) is 0. The van der Waals surface area contributed by atoms with Crippen molar-refractivity contribution in [1.82, 2.24) is 14.5 Å². The molecule has 0 aliphatic rings. The average molecular weight is 367 g/mol. The fourth-order valence-electron chi connectivity index (χ4n) is 3.67. The second kappa shape index (κ2) is 6.64. The SMILES string of the molecule is Cc1ccc(OCCn2c3ccccc3c3nc4ccccc4nc32)cc1C. The van der Waals surface area contributed by atoms with Gasteiger partial charge >= 0.3 is 0 Å². The predicted octanol–water partition coefficient (Wildman–Crippen LogP) is 5.43. The van der Waals surface area contributed by atoms with Crippen molar-refractivity contribution < 1.29 is 4.74 Å². The van der Waals surface area contributed by atoms with Crippen LogP contribution in [-0.4, -0.2) is 21.1 Å². The van der Waals surface area contributed by atoms with E-state index >= 15 is 0 Å². The molecule has 28 heavy (non-hydrogen) atoms. The van der Waals surface area contributed by atoms with Crippen LogP contribution in [0.15, 0.2) is 66.7 Å². The summed E-state index contributed by atoms with van der Waals surface area (Å²) in [6.45, 7) is 5.50. The van der Waals surface area contributed by atoms with Crippen LogP contribution in [0.1, 0.15) is 11.1 Å². The summed E-state index contributed by atoms with van der Waals surface area (Å²) < 4.78 is 8.24. The van der Waals surface area contributed by atoms with Crippen molar-refractivity contribution in [3.8, 4) is 5.75 Å². The number of nitrogens with zero attached hydrogens (tertiary/aromatic N) is 3. The molecule has 3 aromatic carbocycles. The van der Waals surface area contributed by atoms with Crippen molar-refractivity contribution in [1.29, 1.82) is 0 Å². The number of ether oxygens (including phenoxy) is 1. The van der Waals surface area contributed by atoms with Crippen LogP contribution in [0.2, 0.25) is 0 Å². The summed E-state index contributed by atoms with van der Waals surface area (Å²) in [5.41, 5.74) is 7.34. The monoisotopic (exact) mass is 367 g/mol. The van der Waals surface area contributed by atoms with Gasteiger partial charge in [0.25, 0.3) is 0 Å². The van der Waals surface area contributed by atoms with Gasteiger partial charge in [0.1, 0.15) is 17.9 Å². The third-order valence-corrected chi connectivity index (χ3v) is 5.32. The van der Waals surface area contributed by atoms with Gasteiger partial charge in [-0.1, -0.05) is 36.4 Å². The van der Waals surface area contributed by atoms with E-state index in [2.05, 4.69) is 54.8 Å². The van der Waals surface area contributed by atoms with Crippen LogP contribution in [0, 0.1) is 13.8 Å². The number of fused-ring (bicyclic) bond motifs is 4. The molecule has 0 spiro atoms. The summed E-state index contributed by atoms with van der Waals surface area (Å²) in [6, 6.07) is 22.6. The van der Waals surface area contributed by atoms with Crippen LogP contribution in [0.4, 0.5) is 0 Å². The van der Waals surface area contributed by atoms with Gasteiger partial charge in [-0.3, -0.25) is 0 Å².